The van der Waals surface area contributed by atoms with E-state index >= 15 is 0 Å². The fourth-order valence-electron chi connectivity index (χ4n) is 14.2. The number of fused-ring (bicyclic) bond motifs is 2. The van der Waals surface area contributed by atoms with E-state index in [4.69, 9.17) is 6.57 Å². The van der Waals surface area contributed by atoms with Crippen molar-refractivity contribution in [3.8, 4) is 59.2 Å². The van der Waals surface area contributed by atoms with Crippen molar-refractivity contribution >= 4 is 91.4 Å². The number of carboxylic acid groups (broad SMARTS) is 1. The van der Waals surface area contributed by atoms with Gasteiger partial charge in [-0.25, -0.2) is 4.85 Å². The summed E-state index contributed by atoms with van der Waals surface area (Å²) in [7, 11) is 0. The second-order valence-corrected chi connectivity index (χ2v) is 34.1. The lowest BCUT2D eigenvalue weighted by molar-refractivity contribution is -0.132. The highest BCUT2D eigenvalue weighted by atomic mass is 32.1. The van der Waals surface area contributed by atoms with E-state index in [0.29, 0.717) is 0 Å². The molecule has 0 saturated heterocycles. The van der Waals surface area contributed by atoms with Gasteiger partial charge in [-0.3, -0.25) is 4.79 Å². The number of hydrogen-bond acceptors (Lipinski definition) is 8. The molecule has 10 heteroatoms. The molecule has 510 valence electrons. The van der Waals surface area contributed by atoms with Crippen LogP contribution in [-0.4, -0.2) is 17.6 Å². The third-order valence-electron chi connectivity index (χ3n) is 19.8. The Labute approximate surface area is 598 Å². The van der Waals surface area contributed by atoms with Gasteiger partial charge in [0, 0.05) is 81.9 Å². The SMILES string of the molecule is [C-]#[N+]/C(=C\c1sc(-c2sc(-c3sc(-c4sc(-c5sc(-c6sc(-c7ccc8c(c7)C(C)(C)c7ccccc7N8CCCCCC)cc6CCCCCC)cc5CCCCCC)cc4CCCCCC)cc3CCCCCC)cc2CCCCCC)cc1CCCCCC)C(=O)O. The number of benzene rings is 2. The molecule has 95 heavy (non-hydrogen) atoms. The highest BCUT2D eigenvalue weighted by molar-refractivity contribution is 7.31. The first-order chi connectivity index (χ1) is 46.4. The number of aliphatic carboxylic acids is 1. The Kier molecular flexibility index (Phi) is 29.7. The van der Waals surface area contributed by atoms with Crippen molar-refractivity contribution in [3.05, 3.63) is 145 Å². The average Bonchev–Trinajstić information content (AvgIpc) is 1.63. The standard InChI is InChI=1S/C85H112N2O2S6/c1-11-18-25-32-41-60-53-74(90-73(60)59-69(86-10)84(88)89)79-63(43-34-27-20-13-3)55-76(92-79)81-65(45-36-29-22-15-5)57-78(94-81)83-66(46-37-30-23-16-6)58-77(95-83)82-64(44-35-28-21-14-4)56-75(93-82)80-62(42-33-26-19-12-2)54-72(91-80)61-49-50-71-68(52-61)85(8,9)67-47-38-39-48-70(67)87(71)51-40-31-24-17-7/h38-39,47-50,52-59H,11-37,40-46,51H2,1-9H3,(H,88,89)/b69-59-. The molecule has 0 fully saturated rings. The van der Waals surface area contributed by atoms with E-state index in [1.807, 2.05) is 11.3 Å². The Morgan fingerprint density at radius 1 is 0.411 bits per heavy atom. The predicted octanol–water partition coefficient (Wildman–Crippen LogP) is 29.5. The highest BCUT2D eigenvalue weighted by Gasteiger charge is 2.37. The number of nitrogens with zero attached hydrogens (tertiary/aromatic N) is 2. The van der Waals surface area contributed by atoms with Gasteiger partial charge in [0.05, 0.1) is 6.57 Å². The van der Waals surface area contributed by atoms with Crippen LogP contribution in [0.4, 0.5) is 11.4 Å². The first-order valence-electron chi connectivity index (χ1n) is 37.5. The quantitative estimate of drug-likeness (QED) is 0.0235. The van der Waals surface area contributed by atoms with Gasteiger partial charge in [-0.15, -0.1) is 68.0 Å². The van der Waals surface area contributed by atoms with Crippen molar-refractivity contribution in [2.24, 2.45) is 0 Å². The minimum absolute atomic E-state index is 0.121. The molecule has 8 aromatic rings. The number of aryl methyl sites for hydroxylation is 6. The molecule has 7 heterocycles. The number of rotatable bonds is 43. The summed E-state index contributed by atoms with van der Waals surface area (Å²) in [6.07, 6.45) is 42.3. The third-order valence-corrected chi connectivity index (χ3v) is 27.7. The van der Waals surface area contributed by atoms with E-state index in [1.54, 1.807) is 17.4 Å². The van der Waals surface area contributed by atoms with Crippen LogP contribution >= 0.6 is 68.0 Å². The van der Waals surface area contributed by atoms with Crippen LogP contribution in [-0.2, 0) is 48.7 Å². The van der Waals surface area contributed by atoms with Crippen LogP contribution in [0.2, 0.25) is 0 Å². The Balaban J connectivity index is 1.15. The molecular weight excluding hydrogens is 1270 g/mol. The van der Waals surface area contributed by atoms with Gasteiger partial charge in [-0.2, -0.15) is 0 Å². The molecule has 1 aliphatic rings. The molecule has 4 nitrogen and oxygen atoms in total. The van der Waals surface area contributed by atoms with Crippen LogP contribution in [0.5, 0.6) is 0 Å². The summed E-state index contributed by atoms with van der Waals surface area (Å²) >= 11 is 11.9. The Morgan fingerprint density at radius 3 is 1.14 bits per heavy atom. The molecule has 1 N–H and O–H groups in total. The van der Waals surface area contributed by atoms with Crippen molar-refractivity contribution in [3.63, 3.8) is 0 Å². The highest BCUT2D eigenvalue weighted by Crippen LogP contribution is 2.55. The van der Waals surface area contributed by atoms with E-state index in [2.05, 4.69) is 196 Å². The number of para-hydroxylation sites is 1. The lowest BCUT2D eigenvalue weighted by Crippen LogP contribution is -2.33. The van der Waals surface area contributed by atoms with Gasteiger partial charge in [0.1, 0.15) is 0 Å². The van der Waals surface area contributed by atoms with E-state index in [-0.39, 0.29) is 11.1 Å². The maximum atomic E-state index is 12.3. The largest absolute Gasteiger partial charge is 0.486 e. The van der Waals surface area contributed by atoms with Crippen LogP contribution < -0.4 is 4.90 Å². The Bertz CT molecular complexity index is 3760. The average molecular weight is 1390 g/mol. The molecule has 0 aliphatic carbocycles. The number of carbonyl (C=O) groups is 1. The first kappa shape index (κ1) is 74.4. The maximum absolute atomic E-state index is 12.3. The molecule has 0 bridgehead atoms. The summed E-state index contributed by atoms with van der Waals surface area (Å²) in [5.74, 6) is -1.15. The molecule has 0 amide bonds. The summed E-state index contributed by atoms with van der Waals surface area (Å²) in [4.78, 5) is 34.9. The van der Waals surface area contributed by atoms with Gasteiger partial charge in [-0.05, 0) is 194 Å². The summed E-state index contributed by atoms with van der Waals surface area (Å²) in [5, 5.41) is 10.0. The molecule has 0 saturated carbocycles. The number of unbranched alkanes of at least 4 members (excludes halogenated alkanes) is 21. The zero-order valence-electron chi connectivity index (χ0n) is 59.5. The fourth-order valence-corrected chi connectivity index (χ4v) is 22.0. The van der Waals surface area contributed by atoms with Gasteiger partial charge in [0.2, 0.25) is 0 Å². The molecule has 0 radical (unpaired) electrons. The first-order valence-corrected chi connectivity index (χ1v) is 42.4. The molecule has 2 aromatic carbocycles. The summed E-state index contributed by atoms with van der Waals surface area (Å²) in [6, 6.07) is 32.2. The zero-order valence-corrected chi connectivity index (χ0v) is 64.4. The van der Waals surface area contributed by atoms with Crippen molar-refractivity contribution in [2.75, 3.05) is 11.4 Å². The van der Waals surface area contributed by atoms with E-state index < -0.39 is 5.97 Å². The second kappa shape index (κ2) is 37.9. The number of anilines is 2. The lowest BCUT2D eigenvalue weighted by atomic mass is 9.73. The minimum Gasteiger partial charge on any atom is -0.486 e. The van der Waals surface area contributed by atoms with Gasteiger partial charge in [-0.1, -0.05) is 221 Å². The smallest absolute Gasteiger partial charge is 0.333 e. The van der Waals surface area contributed by atoms with E-state index in [0.717, 1.165) is 69.2 Å². The van der Waals surface area contributed by atoms with Gasteiger partial charge >= 0.3 is 5.97 Å². The van der Waals surface area contributed by atoms with Gasteiger partial charge in [0.25, 0.3) is 5.70 Å². The second-order valence-electron chi connectivity index (χ2n) is 27.7. The van der Waals surface area contributed by atoms with E-state index in [9.17, 15) is 9.90 Å². The molecule has 0 spiro atoms. The minimum atomic E-state index is -1.15. The summed E-state index contributed by atoms with van der Waals surface area (Å²) < 4.78 is 0. The van der Waals surface area contributed by atoms with Crippen LogP contribution in [0, 0.1) is 6.57 Å². The van der Waals surface area contributed by atoms with Crippen molar-refractivity contribution < 1.29 is 9.90 Å². The predicted molar refractivity (Wildman–Crippen MR) is 425 cm³/mol. The molecule has 6 aromatic heterocycles. The Hall–Kier alpha value is -4.86. The molecule has 0 unspecified atom stereocenters. The van der Waals surface area contributed by atoms with E-state index in [1.165, 1.54) is 276 Å². The molecule has 0 atom stereocenters. The lowest BCUT2D eigenvalue weighted by Gasteiger charge is -2.42. The number of carboxylic acids is 1. The molecular formula is C85H112N2O2S6. The molecule has 9 rings (SSSR count). The van der Waals surface area contributed by atoms with Gasteiger partial charge < -0.3 is 10.0 Å². The van der Waals surface area contributed by atoms with Crippen LogP contribution in [0.15, 0.2) is 84.6 Å². The maximum Gasteiger partial charge on any atom is 0.333 e. The van der Waals surface area contributed by atoms with Crippen LogP contribution in [0.1, 0.15) is 291 Å². The topological polar surface area (TPSA) is 44.9 Å². The Morgan fingerprint density at radius 2 is 0.747 bits per heavy atom. The fraction of sp³-hybridized carbons (Fsp3) is 0.529. The van der Waals surface area contributed by atoms with Crippen molar-refractivity contribution in [1.29, 1.82) is 0 Å². The summed E-state index contributed by atoms with van der Waals surface area (Å²) in [6.45, 7) is 29.9. The normalized spacial score (nSPS) is 12.9. The monoisotopic (exact) mass is 1380 g/mol. The van der Waals surface area contributed by atoms with Crippen LogP contribution in [0.25, 0.3) is 70.1 Å². The molecule has 1 aliphatic heterocycles. The third kappa shape index (κ3) is 19.3. The summed E-state index contributed by atoms with van der Waals surface area (Å²) in [5.41, 5.74) is 15.3. The van der Waals surface area contributed by atoms with Crippen LogP contribution in [0.3, 0.4) is 0 Å². The van der Waals surface area contributed by atoms with Crippen molar-refractivity contribution in [2.45, 2.75) is 286 Å². The van der Waals surface area contributed by atoms with Crippen molar-refractivity contribution in [1.82, 2.24) is 0 Å². The van der Waals surface area contributed by atoms with Gasteiger partial charge in [0.15, 0.2) is 0 Å². The number of thiophene rings is 6. The number of hydrogen-bond donors (Lipinski definition) is 1. The zero-order chi connectivity index (χ0) is 67.1.